The van der Waals surface area contributed by atoms with E-state index in [2.05, 4.69) is 20.3 Å². The Bertz CT molecular complexity index is 1150. The molecule has 0 aliphatic heterocycles. The zero-order valence-electron chi connectivity index (χ0n) is 20.0. The Kier molecular flexibility index (Phi) is 6.41. The lowest BCUT2D eigenvalue weighted by Gasteiger charge is -2.19. The maximum atomic E-state index is 12.3. The van der Waals surface area contributed by atoms with Crippen LogP contribution in [0.4, 0.5) is 5.95 Å². The number of rotatable bonds is 8. The second-order valence-corrected chi connectivity index (χ2v) is 9.42. The largest absolute Gasteiger partial charge is 0.508 e. The van der Waals surface area contributed by atoms with Crippen LogP contribution in [0.25, 0.3) is 0 Å². The average Bonchev–Trinajstić information content (AvgIpc) is 3.54. The molecule has 1 fully saturated rings. The Morgan fingerprint density at radius 3 is 2.29 bits per heavy atom. The summed E-state index contributed by atoms with van der Waals surface area (Å²) in [4.78, 5) is 25.8. The molecular weight excluding hydrogens is 432 g/mol. The molecule has 34 heavy (non-hydrogen) atoms. The highest BCUT2D eigenvalue weighted by Crippen LogP contribution is 2.48. The van der Waals surface area contributed by atoms with Crippen LogP contribution in [0.5, 0.6) is 11.8 Å². The molecule has 0 atom stereocenters. The molecule has 3 aromatic rings. The number of nitrogens with zero attached hydrogens (tertiary/aromatic N) is 3. The molecule has 8 nitrogen and oxygen atoms in total. The minimum atomic E-state index is -0.543. The fraction of sp³-hybridized carbons (Fsp3) is 0.385. The van der Waals surface area contributed by atoms with E-state index in [4.69, 9.17) is 9.47 Å². The van der Waals surface area contributed by atoms with Crippen molar-refractivity contribution in [2.45, 2.75) is 58.1 Å². The molecule has 8 heteroatoms. The first-order valence-corrected chi connectivity index (χ1v) is 11.4. The molecule has 2 N–H and O–H groups in total. The SMILES string of the molecule is CCOc1nc(Cc2ccc(C(=O)OC(C)(C)C)cc2)nc(NC2(c3ccc(O)cc3)CC2)n1. The van der Waals surface area contributed by atoms with Crippen molar-refractivity contribution >= 4 is 11.9 Å². The lowest BCUT2D eigenvalue weighted by molar-refractivity contribution is 0.00695. The Hall–Kier alpha value is -3.68. The van der Waals surface area contributed by atoms with E-state index in [0.717, 1.165) is 24.0 Å². The predicted molar refractivity (Wildman–Crippen MR) is 128 cm³/mol. The fourth-order valence-corrected chi connectivity index (χ4v) is 3.61. The number of carbonyl (C=O) groups is 1. The Labute approximate surface area is 199 Å². The van der Waals surface area contributed by atoms with E-state index in [1.54, 1.807) is 24.3 Å². The third-order valence-corrected chi connectivity index (χ3v) is 5.41. The van der Waals surface area contributed by atoms with E-state index >= 15 is 0 Å². The van der Waals surface area contributed by atoms with Crippen molar-refractivity contribution in [1.29, 1.82) is 0 Å². The van der Waals surface area contributed by atoms with Crippen molar-refractivity contribution in [3.63, 3.8) is 0 Å². The molecule has 4 rings (SSSR count). The van der Waals surface area contributed by atoms with Crippen LogP contribution in [0.2, 0.25) is 0 Å². The summed E-state index contributed by atoms with van der Waals surface area (Å²) >= 11 is 0. The number of aromatic nitrogens is 3. The minimum Gasteiger partial charge on any atom is -0.508 e. The molecule has 1 aliphatic carbocycles. The monoisotopic (exact) mass is 462 g/mol. The van der Waals surface area contributed by atoms with Crippen LogP contribution < -0.4 is 10.1 Å². The first kappa shape index (κ1) is 23.5. The second-order valence-electron chi connectivity index (χ2n) is 9.42. The smallest absolute Gasteiger partial charge is 0.338 e. The molecule has 0 amide bonds. The van der Waals surface area contributed by atoms with Gasteiger partial charge in [-0.2, -0.15) is 15.0 Å². The van der Waals surface area contributed by atoms with Gasteiger partial charge in [0.2, 0.25) is 5.95 Å². The van der Waals surface area contributed by atoms with Gasteiger partial charge in [0.1, 0.15) is 17.2 Å². The third kappa shape index (κ3) is 5.81. The summed E-state index contributed by atoms with van der Waals surface area (Å²) in [7, 11) is 0. The first-order valence-electron chi connectivity index (χ1n) is 11.4. The van der Waals surface area contributed by atoms with Crippen molar-refractivity contribution < 1.29 is 19.4 Å². The zero-order valence-corrected chi connectivity index (χ0v) is 20.0. The molecular formula is C26H30N4O4. The summed E-state index contributed by atoms with van der Waals surface area (Å²) in [5.41, 5.74) is 1.72. The number of aromatic hydroxyl groups is 1. The molecule has 1 heterocycles. The van der Waals surface area contributed by atoms with Gasteiger partial charge >= 0.3 is 12.0 Å². The van der Waals surface area contributed by atoms with E-state index in [1.807, 2.05) is 52.0 Å². The molecule has 1 saturated carbocycles. The molecule has 178 valence electrons. The number of hydrogen-bond donors (Lipinski definition) is 2. The zero-order chi connectivity index (χ0) is 24.3. The van der Waals surface area contributed by atoms with Crippen LogP contribution in [0.15, 0.2) is 48.5 Å². The second kappa shape index (κ2) is 9.29. The maximum Gasteiger partial charge on any atom is 0.338 e. The lowest BCUT2D eigenvalue weighted by atomic mass is 10.1. The van der Waals surface area contributed by atoms with Crippen LogP contribution in [-0.2, 0) is 16.7 Å². The molecule has 2 aromatic carbocycles. The van der Waals surface area contributed by atoms with Crippen LogP contribution in [0, 0.1) is 0 Å². The molecule has 1 aliphatic rings. The van der Waals surface area contributed by atoms with E-state index in [1.165, 1.54) is 0 Å². The summed E-state index contributed by atoms with van der Waals surface area (Å²) in [6.45, 7) is 7.85. The lowest BCUT2D eigenvalue weighted by Crippen LogP contribution is -2.23. The number of phenolic OH excluding ortho intramolecular Hbond substituents is 1. The number of ether oxygens (including phenoxy) is 2. The Balaban J connectivity index is 1.52. The molecule has 0 unspecified atom stereocenters. The molecule has 0 radical (unpaired) electrons. The van der Waals surface area contributed by atoms with Crippen molar-refractivity contribution in [3.8, 4) is 11.8 Å². The van der Waals surface area contributed by atoms with Gasteiger partial charge in [0.05, 0.1) is 17.7 Å². The Morgan fingerprint density at radius 1 is 1.03 bits per heavy atom. The molecule has 1 aromatic heterocycles. The van der Waals surface area contributed by atoms with Gasteiger partial charge in [0, 0.05) is 6.42 Å². The van der Waals surface area contributed by atoms with Gasteiger partial charge < -0.3 is 19.9 Å². The topological polar surface area (TPSA) is 106 Å². The number of benzene rings is 2. The highest BCUT2D eigenvalue weighted by molar-refractivity contribution is 5.89. The van der Waals surface area contributed by atoms with Crippen molar-refractivity contribution in [2.75, 3.05) is 11.9 Å². The maximum absolute atomic E-state index is 12.3. The number of anilines is 1. The summed E-state index contributed by atoms with van der Waals surface area (Å²) in [6, 6.07) is 14.7. The molecule has 0 bridgehead atoms. The fourth-order valence-electron chi connectivity index (χ4n) is 3.61. The van der Waals surface area contributed by atoms with Gasteiger partial charge in [-0.3, -0.25) is 0 Å². The van der Waals surface area contributed by atoms with Gasteiger partial charge in [-0.15, -0.1) is 0 Å². The highest BCUT2D eigenvalue weighted by atomic mass is 16.6. The summed E-state index contributed by atoms with van der Waals surface area (Å²) in [6.07, 6.45) is 2.34. The minimum absolute atomic E-state index is 0.235. The first-order chi connectivity index (χ1) is 16.2. The van der Waals surface area contributed by atoms with Crippen molar-refractivity contribution in [1.82, 2.24) is 15.0 Å². The van der Waals surface area contributed by atoms with E-state index < -0.39 is 5.60 Å². The number of carbonyl (C=O) groups excluding carboxylic acids is 1. The summed E-state index contributed by atoms with van der Waals surface area (Å²) < 4.78 is 11.0. The number of hydrogen-bond acceptors (Lipinski definition) is 8. The van der Waals surface area contributed by atoms with Gasteiger partial charge in [-0.05, 0) is 75.9 Å². The van der Waals surface area contributed by atoms with Crippen molar-refractivity contribution in [2.24, 2.45) is 0 Å². The number of phenols is 1. The standard InChI is InChI=1S/C26H30N4O4/c1-5-33-24-28-21(16-17-6-8-18(9-7-17)22(32)34-25(2,3)4)27-23(29-24)30-26(14-15-26)19-10-12-20(31)13-11-19/h6-13,31H,5,14-16H2,1-4H3,(H,27,28,29,30). The van der Waals surface area contributed by atoms with E-state index in [0.29, 0.717) is 30.4 Å². The van der Waals surface area contributed by atoms with Crippen LogP contribution in [-0.4, -0.2) is 38.2 Å². The van der Waals surface area contributed by atoms with E-state index in [9.17, 15) is 9.90 Å². The van der Waals surface area contributed by atoms with Crippen LogP contribution in [0.3, 0.4) is 0 Å². The molecule has 0 spiro atoms. The summed E-state index contributed by atoms with van der Waals surface area (Å²) in [5, 5.41) is 13.1. The number of nitrogens with one attached hydrogen (secondary N) is 1. The highest BCUT2D eigenvalue weighted by Gasteiger charge is 2.45. The normalized spacial score (nSPS) is 14.4. The summed E-state index contributed by atoms with van der Waals surface area (Å²) in [5.74, 6) is 0.892. The quantitative estimate of drug-likeness (QED) is 0.467. The third-order valence-electron chi connectivity index (χ3n) is 5.41. The van der Waals surface area contributed by atoms with Crippen molar-refractivity contribution in [3.05, 3.63) is 71.0 Å². The van der Waals surface area contributed by atoms with Gasteiger partial charge in [-0.1, -0.05) is 24.3 Å². The van der Waals surface area contributed by atoms with Gasteiger partial charge in [-0.25, -0.2) is 4.79 Å². The van der Waals surface area contributed by atoms with Gasteiger partial charge in [0.25, 0.3) is 0 Å². The van der Waals surface area contributed by atoms with Crippen LogP contribution in [0.1, 0.15) is 67.8 Å². The van der Waals surface area contributed by atoms with Crippen LogP contribution >= 0.6 is 0 Å². The average molecular weight is 463 g/mol. The van der Waals surface area contributed by atoms with Gasteiger partial charge in [0.15, 0.2) is 0 Å². The molecule has 0 saturated heterocycles. The Morgan fingerprint density at radius 2 is 1.71 bits per heavy atom. The predicted octanol–water partition coefficient (Wildman–Crippen LogP) is 4.62. The number of esters is 1. The van der Waals surface area contributed by atoms with E-state index in [-0.39, 0.29) is 23.3 Å².